The van der Waals surface area contributed by atoms with E-state index < -0.39 is 0 Å². The normalized spacial score (nSPS) is 19.0. The Balaban J connectivity index is 1.74. The second-order valence-corrected chi connectivity index (χ2v) is 4.85. The van der Waals surface area contributed by atoms with Gasteiger partial charge in [0, 0.05) is 44.4 Å². The number of hydrogen-bond donors (Lipinski definition) is 2. The standard InChI is InChI=1S/C13H20N4O2/c1-10(18)17-7-4-12(9-17)15-8-13(19)16-5-2-11(14)3-6-16/h2,4,15H,3,5-9,14H2,1H3. The predicted octanol–water partition coefficient (Wildman–Crippen LogP) is -0.603. The van der Waals surface area contributed by atoms with Crippen LogP contribution in [-0.2, 0) is 9.59 Å². The molecule has 2 heterocycles. The lowest BCUT2D eigenvalue weighted by Crippen LogP contribution is -2.41. The van der Waals surface area contributed by atoms with Crippen molar-refractivity contribution in [2.24, 2.45) is 5.73 Å². The number of carbonyl (C=O) groups is 2. The van der Waals surface area contributed by atoms with Crippen molar-refractivity contribution in [2.75, 3.05) is 32.7 Å². The topological polar surface area (TPSA) is 78.7 Å². The van der Waals surface area contributed by atoms with Crippen LogP contribution in [0.1, 0.15) is 13.3 Å². The Labute approximate surface area is 112 Å². The summed E-state index contributed by atoms with van der Waals surface area (Å²) in [6.07, 6.45) is 4.57. The van der Waals surface area contributed by atoms with Crippen LogP contribution >= 0.6 is 0 Å². The second kappa shape index (κ2) is 5.77. The summed E-state index contributed by atoms with van der Waals surface area (Å²) in [4.78, 5) is 26.6. The molecule has 19 heavy (non-hydrogen) atoms. The first-order valence-electron chi connectivity index (χ1n) is 6.47. The zero-order valence-corrected chi connectivity index (χ0v) is 11.2. The molecular weight excluding hydrogens is 244 g/mol. The highest BCUT2D eigenvalue weighted by Crippen LogP contribution is 2.08. The highest BCUT2D eigenvalue weighted by molar-refractivity contribution is 5.79. The molecule has 0 spiro atoms. The minimum absolute atomic E-state index is 0.0519. The molecule has 2 rings (SSSR count). The van der Waals surface area contributed by atoms with E-state index in [1.165, 1.54) is 0 Å². The molecule has 0 aliphatic carbocycles. The van der Waals surface area contributed by atoms with Gasteiger partial charge in [0.2, 0.25) is 11.8 Å². The van der Waals surface area contributed by atoms with Crippen molar-refractivity contribution in [3.8, 4) is 0 Å². The highest BCUT2D eigenvalue weighted by Gasteiger charge is 2.19. The zero-order valence-electron chi connectivity index (χ0n) is 11.2. The highest BCUT2D eigenvalue weighted by atomic mass is 16.2. The Bertz CT molecular complexity index is 442. The first-order chi connectivity index (χ1) is 9.06. The van der Waals surface area contributed by atoms with Gasteiger partial charge in [0.15, 0.2) is 0 Å². The minimum Gasteiger partial charge on any atom is -0.402 e. The molecule has 2 aliphatic heterocycles. The van der Waals surface area contributed by atoms with Gasteiger partial charge in [0.05, 0.1) is 13.1 Å². The van der Waals surface area contributed by atoms with Gasteiger partial charge in [-0.25, -0.2) is 0 Å². The lowest BCUT2D eigenvalue weighted by atomic mass is 10.2. The molecule has 6 nitrogen and oxygen atoms in total. The van der Waals surface area contributed by atoms with Crippen molar-refractivity contribution in [3.05, 3.63) is 23.5 Å². The van der Waals surface area contributed by atoms with Crippen molar-refractivity contribution in [3.63, 3.8) is 0 Å². The van der Waals surface area contributed by atoms with E-state index >= 15 is 0 Å². The number of nitrogens with one attached hydrogen (secondary N) is 1. The van der Waals surface area contributed by atoms with Crippen molar-refractivity contribution in [2.45, 2.75) is 13.3 Å². The van der Waals surface area contributed by atoms with Crippen LogP contribution in [-0.4, -0.2) is 54.3 Å². The molecule has 2 amide bonds. The quantitative estimate of drug-likeness (QED) is 0.713. The van der Waals surface area contributed by atoms with Crippen LogP contribution in [0.25, 0.3) is 0 Å². The summed E-state index contributed by atoms with van der Waals surface area (Å²) in [5.74, 6) is 0.113. The lowest BCUT2D eigenvalue weighted by Gasteiger charge is -2.25. The Morgan fingerprint density at radius 1 is 1.32 bits per heavy atom. The third kappa shape index (κ3) is 3.49. The van der Waals surface area contributed by atoms with E-state index in [0.717, 1.165) is 17.8 Å². The van der Waals surface area contributed by atoms with Gasteiger partial charge in [-0.3, -0.25) is 9.59 Å². The van der Waals surface area contributed by atoms with E-state index in [9.17, 15) is 9.59 Å². The molecule has 3 N–H and O–H groups in total. The van der Waals surface area contributed by atoms with E-state index in [0.29, 0.717) is 26.2 Å². The average molecular weight is 264 g/mol. The number of hydrogen-bond acceptors (Lipinski definition) is 4. The van der Waals surface area contributed by atoms with E-state index in [2.05, 4.69) is 5.32 Å². The number of nitrogens with two attached hydrogens (primary N) is 1. The Kier molecular flexibility index (Phi) is 4.09. The Morgan fingerprint density at radius 2 is 2.05 bits per heavy atom. The molecule has 0 aromatic carbocycles. The van der Waals surface area contributed by atoms with Gasteiger partial charge in [0.1, 0.15) is 0 Å². The molecule has 0 radical (unpaired) electrons. The summed E-state index contributed by atoms with van der Waals surface area (Å²) < 4.78 is 0. The summed E-state index contributed by atoms with van der Waals surface area (Å²) in [5.41, 5.74) is 7.47. The maximum atomic E-state index is 12.0. The second-order valence-electron chi connectivity index (χ2n) is 4.85. The van der Waals surface area contributed by atoms with Crippen molar-refractivity contribution in [1.29, 1.82) is 0 Å². The molecule has 104 valence electrons. The van der Waals surface area contributed by atoms with Crippen molar-refractivity contribution < 1.29 is 9.59 Å². The third-order valence-electron chi connectivity index (χ3n) is 3.43. The van der Waals surface area contributed by atoms with Crippen LogP contribution in [0.2, 0.25) is 0 Å². The van der Waals surface area contributed by atoms with Crippen LogP contribution in [0.4, 0.5) is 0 Å². The van der Waals surface area contributed by atoms with Gasteiger partial charge in [0.25, 0.3) is 0 Å². The van der Waals surface area contributed by atoms with Gasteiger partial charge in [-0.2, -0.15) is 0 Å². The molecule has 0 atom stereocenters. The predicted molar refractivity (Wildman–Crippen MR) is 71.8 cm³/mol. The summed E-state index contributed by atoms with van der Waals surface area (Å²) in [7, 11) is 0. The van der Waals surface area contributed by atoms with Gasteiger partial charge >= 0.3 is 0 Å². The van der Waals surface area contributed by atoms with E-state index in [1.807, 2.05) is 12.2 Å². The maximum absolute atomic E-state index is 12.0. The molecule has 6 heteroatoms. The van der Waals surface area contributed by atoms with Crippen molar-refractivity contribution >= 4 is 11.8 Å². The largest absolute Gasteiger partial charge is 0.402 e. The fraction of sp³-hybridized carbons (Fsp3) is 0.538. The Hall–Kier alpha value is -1.98. The Morgan fingerprint density at radius 3 is 2.63 bits per heavy atom. The van der Waals surface area contributed by atoms with Crippen LogP contribution in [0, 0.1) is 0 Å². The van der Waals surface area contributed by atoms with Crippen LogP contribution in [0.3, 0.4) is 0 Å². The monoisotopic (exact) mass is 264 g/mol. The van der Waals surface area contributed by atoms with Crippen LogP contribution in [0.5, 0.6) is 0 Å². The number of nitrogens with zero attached hydrogens (tertiary/aromatic N) is 2. The number of carbonyl (C=O) groups excluding carboxylic acids is 2. The van der Waals surface area contributed by atoms with Gasteiger partial charge < -0.3 is 20.9 Å². The van der Waals surface area contributed by atoms with Gasteiger partial charge in [-0.1, -0.05) is 0 Å². The summed E-state index contributed by atoms with van der Waals surface area (Å²) >= 11 is 0. The smallest absolute Gasteiger partial charge is 0.242 e. The molecule has 2 aliphatic rings. The van der Waals surface area contributed by atoms with Gasteiger partial charge in [-0.05, 0) is 12.2 Å². The minimum atomic E-state index is 0.0519. The zero-order chi connectivity index (χ0) is 13.8. The first kappa shape index (κ1) is 13.5. The summed E-state index contributed by atoms with van der Waals surface area (Å²) in [5, 5.41) is 3.10. The third-order valence-corrected chi connectivity index (χ3v) is 3.43. The molecule has 0 aromatic rings. The molecule has 0 fully saturated rings. The van der Waals surface area contributed by atoms with Crippen LogP contribution < -0.4 is 11.1 Å². The number of amides is 2. The van der Waals surface area contributed by atoms with E-state index in [4.69, 9.17) is 5.73 Å². The molecule has 0 saturated carbocycles. The van der Waals surface area contributed by atoms with E-state index in [1.54, 1.807) is 16.7 Å². The molecular formula is C13H20N4O2. The lowest BCUT2D eigenvalue weighted by molar-refractivity contribution is -0.129. The SMILES string of the molecule is CC(=O)N1CC=C(NCC(=O)N2CC=C(N)CC2)C1. The van der Waals surface area contributed by atoms with Crippen molar-refractivity contribution in [1.82, 2.24) is 15.1 Å². The molecule has 0 aromatic heterocycles. The summed E-state index contributed by atoms with van der Waals surface area (Å²) in [6, 6.07) is 0. The average Bonchev–Trinajstić information content (AvgIpc) is 2.86. The first-order valence-corrected chi connectivity index (χ1v) is 6.47. The summed E-state index contributed by atoms with van der Waals surface area (Å²) in [6.45, 7) is 4.27. The molecule has 0 saturated heterocycles. The fourth-order valence-electron chi connectivity index (χ4n) is 2.14. The van der Waals surface area contributed by atoms with Crippen LogP contribution in [0.15, 0.2) is 23.5 Å². The number of rotatable bonds is 3. The molecule has 0 unspecified atom stereocenters. The van der Waals surface area contributed by atoms with E-state index in [-0.39, 0.29) is 18.4 Å². The maximum Gasteiger partial charge on any atom is 0.242 e. The fourth-order valence-corrected chi connectivity index (χ4v) is 2.14. The van der Waals surface area contributed by atoms with Gasteiger partial charge in [-0.15, -0.1) is 0 Å². The molecule has 0 bridgehead atoms.